The van der Waals surface area contributed by atoms with Gasteiger partial charge in [0, 0.05) is 18.0 Å². The van der Waals surface area contributed by atoms with E-state index in [1.165, 1.54) is 6.42 Å². The van der Waals surface area contributed by atoms with Crippen molar-refractivity contribution in [2.45, 2.75) is 20.3 Å². The lowest BCUT2D eigenvalue weighted by Crippen LogP contribution is -2.29. The van der Waals surface area contributed by atoms with Crippen molar-refractivity contribution in [3.8, 4) is 5.75 Å². The van der Waals surface area contributed by atoms with E-state index in [0.717, 1.165) is 36.5 Å². The molecule has 1 saturated heterocycles. The number of nitrogens with zero attached hydrogens (tertiary/aromatic N) is 1. The Labute approximate surface area is 173 Å². The van der Waals surface area contributed by atoms with Gasteiger partial charge in [-0.3, -0.25) is 9.78 Å². The summed E-state index contributed by atoms with van der Waals surface area (Å²) in [5, 5.41) is 6.67. The molecule has 1 unspecified atom stereocenters. The number of carbonyl (C=O) groups excluding carboxylic acids is 1. The summed E-state index contributed by atoms with van der Waals surface area (Å²) in [6.45, 7) is 8.16. The molecule has 2 N–H and O–H groups in total. The summed E-state index contributed by atoms with van der Waals surface area (Å²) >= 11 is 0. The predicted molar refractivity (Wildman–Crippen MR) is 118 cm³/mol. The molecule has 2 heterocycles. The fourth-order valence-corrected chi connectivity index (χ4v) is 3.27. The number of Topliss-reactive ketones (excluding diaryl/α,β-unsaturated/α-hetero) is 1. The average Bonchev–Trinajstić information content (AvgIpc) is 3.25. The zero-order chi connectivity index (χ0) is 20.5. The second-order valence-electron chi connectivity index (χ2n) is 8.03. The summed E-state index contributed by atoms with van der Waals surface area (Å²) in [5.41, 5.74) is 2.63. The third-order valence-corrected chi connectivity index (χ3v) is 4.87. The molecule has 3 rings (SSSR count). The van der Waals surface area contributed by atoms with E-state index in [-0.39, 0.29) is 5.78 Å². The van der Waals surface area contributed by atoms with Crippen LogP contribution in [0.25, 0.3) is 12.2 Å². The van der Waals surface area contributed by atoms with E-state index in [2.05, 4.69) is 29.5 Å². The zero-order valence-corrected chi connectivity index (χ0v) is 17.4. The lowest BCUT2D eigenvalue weighted by atomic mass is 10.0. The van der Waals surface area contributed by atoms with Gasteiger partial charge in [-0.05, 0) is 73.3 Å². The van der Waals surface area contributed by atoms with Gasteiger partial charge >= 0.3 is 0 Å². The third kappa shape index (κ3) is 7.11. The molecule has 0 saturated carbocycles. The maximum atomic E-state index is 12.8. The monoisotopic (exact) mass is 393 g/mol. The number of pyridine rings is 1. The molecule has 5 nitrogen and oxygen atoms in total. The van der Waals surface area contributed by atoms with Crippen LogP contribution in [0.4, 0.5) is 0 Å². The first-order valence-corrected chi connectivity index (χ1v) is 10.4. The lowest BCUT2D eigenvalue weighted by molar-refractivity contribution is 0.0989. The van der Waals surface area contributed by atoms with Crippen LogP contribution in [0.15, 0.2) is 42.7 Å². The van der Waals surface area contributed by atoms with Crippen molar-refractivity contribution in [3.63, 3.8) is 0 Å². The molecule has 0 aliphatic carbocycles. The van der Waals surface area contributed by atoms with Crippen molar-refractivity contribution in [2.75, 3.05) is 32.8 Å². The molecule has 5 heteroatoms. The topological polar surface area (TPSA) is 63.2 Å². The van der Waals surface area contributed by atoms with Crippen molar-refractivity contribution >= 4 is 17.9 Å². The average molecular weight is 394 g/mol. The molecule has 1 atom stereocenters. The van der Waals surface area contributed by atoms with Crippen LogP contribution in [0, 0.1) is 11.8 Å². The molecule has 2 aromatic rings. The number of benzene rings is 1. The van der Waals surface area contributed by atoms with Crippen molar-refractivity contribution in [1.29, 1.82) is 0 Å². The quantitative estimate of drug-likeness (QED) is 0.603. The Morgan fingerprint density at radius 3 is 2.90 bits per heavy atom. The Hall–Kier alpha value is -2.50. The highest BCUT2D eigenvalue weighted by molar-refractivity contribution is 5.98. The Kier molecular flexibility index (Phi) is 7.96. The van der Waals surface area contributed by atoms with Crippen LogP contribution in [-0.4, -0.2) is 43.6 Å². The molecule has 1 aliphatic rings. The molecule has 154 valence electrons. The highest BCUT2D eigenvalue weighted by atomic mass is 16.5. The molecule has 0 bridgehead atoms. The van der Waals surface area contributed by atoms with Crippen LogP contribution in [0.1, 0.15) is 41.8 Å². The predicted octanol–water partition coefficient (Wildman–Crippen LogP) is 3.67. The van der Waals surface area contributed by atoms with Crippen LogP contribution in [0.2, 0.25) is 0 Å². The summed E-state index contributed by atoms with van der Waals surface area (Å²) < 4.78 is 5.91. The molecular formula is C24H31N3O2. The third-order valence-electron chi connectivity index (χ3n) is 4.87. The Bertz CT molecular complexity index is 812. The first-order valence-electron chi connectivity index (χ1n) is 10.4. The van der Waals surface area contributed by atoms with E-state index in [9.17, 15) is 4.79 Å². The van der Waals surface area contributed by atoms with Gasteiger partial charge in [-0.1, -0.05) is 32.1 Å². The number of aromatic nitrogens is 1. The number of ether oxygens (including phenoxy) is 1. The van der Waals surface area contributed by atoms with Gasteiger partial charge in [0.05, 0.1) is 13.2 Å². The van der Waals surface area contributed by atoms with Crippen LogP contribution in [0.3, 0.4) is 0 Å². The van der Waals surface area contributed by atoms with Gasteiger partial charge in [0.15, 0.2) is 5.78 Å². The van der Waals surface area contributed by atoms with Gasteiger partial charge in [-0.25, -0.2) is 0 Å². The van der Waals surface area contributed by atoms with Crippen LogP contribution in [0.5, 0.6) is 5.75 Å². The summed E-state index contributed by atoms with van der Waals surface area (Å²) in [6, 6.07) is 9.66. The fraction of sp³-hybridized carbons (Fsp3) is 0.417. The largest absolute Gasteiger partial charge is 0.493 e. The SMILES string of the molecule is CC(C)COc1cc(/C=C/c2cccnc2)cc(C(=O)CNCC2CCNC2)c1. The van der Waals surface area contributed by atoms with E-state index in [1.54, 1.807) is 6.20 Å². The summed E-state index contributed by atoms with van der Waals surface area (Å²) in [7, 11) is 0. The standard InChI is InChI=1S/C24H31N3O2/c1-18(2)17-29-23-11-20(6-5-19-4-3-8-25-13-19)10-22(12-23)24(28)16-27-15-21-7-9-26-14-21/h3-6,8,10-13,18,21,26-27H,7,9,14-17H2,1-2H3/b6-5+. The number of hydrogen-bond acceptors (Lipinski definition) is 5. The smallest absolute Gasteiger partial charge is 0.176 e. The number of rotatable bonds is 10. The van der Waals surface area contributed by atoms with E-state index < -0.39 is 0 Å². The minimum atomic E-state index is 0.0852. The van der Waals surface area contributed by atoms with E-state index >= 15 is 0 Å². The zero-order valence-electron chi connectivity index (χ0n) is 17.4. The number of hydrogen-bond donors (Lipinski definition) is 2. The number of nitrogens with one attached hydrogen (secondary N) is 2. The minimum Gasteiger partial charge on any atom is -0.493 e. The first kappa shape index (κ1) is 21.2. The second-order valence-corrected chi connectivity index (χ2v) is 8.03. The molecule has 1 aromatic carbocycles. The van der Waals surface area contributed by atoms with Gasteiger partial charge in [0.1, 0.15) is 5.75 Å². The lowest BCUT2D eigenvalue weighted by Gasteiger charge is -2.12. The Morgan fingerprint density at radius 1 is 1.31 bits per heavy atom. The Morgan fingerprint density at radius 2 is 2.17 bits per heavy atom. The summed E-state index contributed by atoms with van der Waals surface area (Å²) in [4.78, 5) is 16.9. The van der Waals surface area contributed by atoms with Crippen LogP contribution < -0.4 is 15.4 Å². The maximum Gasteiger partial charge on any atom is 0.176 e. The van der Waals surface area contributed by atoms with Crippen molar-refractivity contribution in [3.05, 3.63) is 59.4 Å². The van der Waals surface area contributed by atoms with Gasteiger partial charge in [0.2, 0.25) is 0 Å². The first-order chi connectivity index (χ1) is 14.1. The fourth-order valence-electron chi connectivity index (χ4n) is 3.27. The molecule has 0 spiro atoms. The highest BCUT2D eigenvalue weighted by Crippen LogP contribution is 2.21. The molecule has 29 heavy (non-hydrogen) atoms. The second kappa shape index (κ2) is 10.9. The highest BCUT2D eigenvalue weighted by Gasteiger charge is 2.15. The van der Waals surface area contributed by atoms with Crippen molar-refractivity contribution in [1.82, 2.24) is 15.6 Å². The molecular weight excluding hydrogens is 362 g/mol. The van der Waals surface area contributed by atoms with Gasteiger partial charge < -0.3 is 15.4 Å². The van der Waals surface area contributed by atoms with Crippen molar-refractivity contribution in [2.24, 2.45) is 11.8 Å². The van der Waals surface area contributed by atoms with Crippen molar-refractivity contribution < 1.29 is 9.53 Å². The van der Waals surface area contributed by atoms with Gasteiger partial charge in [0.25, 0.3) is 0 Å². The molecule has 1 fully saturated rings. The van der Waals surface area contributed by atoms with Crippen LogP contribution in [-0.2, 0) is 0 Å². The van der Waals surface area contributed by atoms with E-state index in [1.807, 2.05) is 48.7 Å². The van der Waals surface area contributed by atoms with Gasteiger partial charge in [-0.2, -0.15) is 0 Å². The number of ketones is 1. The maximum absolute atomic E-state index is 12.8. The van der Waals surface area contributed by atoms with E-state index in [4.69, 9.17) is 4.74 Å². The molecule has 0 amide bonds. The van der Waals surface area contributed by atoms with Gasteiger partial charge in [-0.15, -0.1) is 0 Å². The summed E-state index contributed by atoms with van der Waals surface area (Å²) in [5.74, 6) is 1.85. The molecule has 0 radical (unpaired) electrons. The summed E-state index contributed by atoms with van der Waals surface area (Å²) in [6.07, 6.45) is 8.72. The molecule has 1 aliphatic heterocycles. The molecule has 1 aromatic heterocycles. The normalized spacial score (nSPS) is 16.6. The number of carbonyl (C=O) groups is 1. The van der Waals surface area contributed by atoms with Crippen LogP contribution >= 0.6 is 0 Å². The van der Waals surface area contributed by atoms with E-state index in [0.29, 0.717) is 30.6 Å². The minimum absolute atomic E-state index is 0.0852. The Balaban J connectivity index is 1.70.